The van der Waals surface area contributed by atoms with Crippen LogP contribution in [0.15, 0.2) is 18.5 Å². The van der Waals surface area contributed by atoms with Gasteiger partial charge in [-0.3, -0.25) is 9.88 Å². The Morgan fingerprint density at radius 2 is 2.31 bits per heavy atom. The maximum atomic E-state index is 5.87. The number of nitrogens with two attached hydrogens (primary N) is 1. The quantitative estimate of drug-likeness (QED) is 0.820. The summed E-state index contributed by atoms with van der Waals surface area (Å²) in [4.78, 5) is 6.50. The highest BCUT2D eigenvalue weighted by molar-refractivity contribution is 7.98. The van der Waals surface area contributed by atoms with E-state index in [2.05, 4.69) is 30.1 Å². The van der Waals surface area contributed by atoms with Crippen molar-refractivity contribution >= 4 is 11.8 Å². The molecule has 1 aromatic rings. The summed E-state index contributed by atoms with van der Waals surface area (Å²) in [5.41, 5.74) is 8.38. The minimum absolute atomic E-state index is 0.279. The average molecular weight is 239 g/mol. The Morgan fingerprint density at radius 1 is 1.56 bits per heavy atom. The van der Waals surface area contributed by atoms with Crippen molar-refractivity contribution in [2.75, 3.05) is 32.1 Å². The highest BCUT2D eigenvalue weighted by atomic mass is 32.2. The van der Waals surface area contributed by atoms with E-state index in [-0.39, 0.29) is 6.04 Å². The number of hydrogen-bond donors (Lipinski definition) is 1. The number of likely N-dealkylation sites (N-methyl/N-ethyl adjacent to an activating group) is 1. The Hall–Kier alpha value is -0.580. The Morgan fingerprint density at radius 3 is 2.88 bits per heavy atom. The summed E-state index contributed by atoms with van der Waals surface area (Å²) >= 11 is 1.86. The van der Waals surface area contributed by atoms with Crippen molar-refractivity contribution in [3.8, 4) is 0 Å². The molecule has 16 heavy (non-hydrogen) atoms. The smallest absolute Gasteiger partial charge is 0.0485 e. The zero-order chi connectivity index (χ0) is 12.0. The van der Waals surface area contributed by atoms with E-state index in [1.54, 1.807) is 0 Å². The van der Waals surface area contributed by atoms with Crippen LogP contribution in [0, 0.1) is 6.92 Å². The van der Waals surface area contributed by atoms with Crippen LogP contribution in [0.2, 0.25) is 0 Å². The second-order valence-corrected chi connectivity index (χ2v) is 4.94. The third-order valence-electron chi connectivity index (χ3n) is 2.84. The maximum Gasteiger partial charge on any atom is 0.0485 e. The van der Waals surface area contributed by atoms with Crippen LogP contribution >= 0.6 is 11.8 Å². The molecule has 0 bridgehead atoms. The molecule has 2 N–H and O–H groups in total. The first-order valence-electron chi connectivity index (χ1n) is 5.50. The zero-order valence-corrected chi connectivity index (χ0v) is 11.1. The summed E-state index contributed by atoms with van der Waals surface area (Å²) in [6.45, 7) is 3.80. The number of aryl methyl sites for hydroxylation is 1. The van der Waals surface area contributed by atoms with Crippen LogP contribution in [0.5, 0.6) is 0 Å². The summed E-state index contributed by atoms with van der Waals surface area (Å²) in [6.07, 6.45) is 5.89. The second-order valence-electron chi connectivity index (χ2n) is 3.96. The van der Waals surface area contributed by atoms with E-state index in [0.717, 1.165) is 12.3 Å². The predicted octanol–water partition coefficient (Wildman–Crippen LogP) is 1.68. The van der Waals surface area contributed by atoms with Gasteiger partial charge in [0.2, 0.25) is 0 Å². The van der Waals surface area contributed by atoms with Crippen LogP contribution in [-0.2, 0) is 0 Å². The molecule has 1 rings (SSSR count). The van der Waals surface area contributed by atoms with Gasteiger partial charge < -0.3 is 5.73 Å². The summed E-state index contributed by atoms with van der Waals surface area (Å²) in [6, 6.07) is 2.32. The Bertz CT molecular complexity index is 317. The number of rotatable bonds is 6. The van der Waals surface area contributed by atoms with Gasteiger partial charge in [-0.2, -0.15) is 11.8 Å². The first-order valence-corrected chi connectivity index (χ1v) is 6.89. The molecular weight excluding hydrogens is 218 g/mol. The van der Waals surface area contributed by atoms with E-state index >= 15 is 0 Å². The molecule has 90 valence electrons. The van der Waals surface area contributed by atoms with E-state index in [9.17, 15) is 0 Å². The molecule has 0 saturated heterocycles. The van der Waals surface area contributed by atoms with Gasteiger partial charge in [0.1, 0.15) is 0 Å². The van der Waals surface area contributed by atoms with Crippen molar-refractivity contribution < 1.29 is 0 Å². The molecule has 1 heterocycles. The Balaban J connectivity index is 2.77. The van der Waals surface area contributed by atoms with Gasteiger partial charge in [-0.05, 0) is 37.4 Å². The molecule has 1 atom stereocenters. The molecule has 1 aromatic heterocycles. The van der Waals surface area contributed by atoms with Gasteiger partial charge in [-0.25, -0.2) is 0 Å². The molecular formula is C12H21N3S. The zero-order valence-electron chi connectivity index (χ0n) is 10.3. The molecule has 0 aliphatic rings. The van der Waals surface area contributed by atoms with Crippen molar-refractivity contribution in [2.45, 2.75) is 13.0 Å². The average Bonchev–Trinajstić information content (AvgIpc) is 2.30. The lowest BCUT2D eigenvalue weighted by Crippen LogP contribution is -2.32. The van der Waals surface area contributed by atoms with Crippen molar-refractivity contribution in [2.24, 2.45) is 5.73 Å². The van der Waals surface area contributed by atoms with Gasteiger partial charge in [0.25, 0.3) is 0 Å². The van der Waals surface area contributed by atoms with Gasteiger partial charge in [0.15, 0.2) is 0 Å². The fraction of sp³-hybridized carbons (Fsp3) is 0.583. The Labute approximate surface area is 102 Å². The molecule has 0 saturated carbocycles. The standard InChI is InChI=1S/C12H21N3S/c1-10-4-5-14-9-11(10)12(8-13)15(2)6-7-16-3/h4-5,9,12H,6-8,13H2,1-3H3. The second kappa shape index (κ2) is 6.89. The SMILES string of the molecule is CSCCN(C)C(CN)c1cnccc1C. The molecule has 1 unspecified atom stereocenters. The van der Waals surface area contributed by atoms with E-state index in [0.29, 0.717) is 6.54 Å². The first-order chi connectivity index (χ1) is 7.70. The largest absolute Gasteiger partial charge is 0.329 e. The molecule has 0 fully saturated rings. The van der Waals surface area contributed by atoms with Crippen molar-refractivity contribution in [3.63, 3.8) is 0 Å². The van der Waals surface area contributed by atoms with Crippen LogP contribution in [0.3, 0.4) is 0 Å². The lowest BCUT2D eigenvalue weighted by molar-refractivity contribution is 0.264. The molecule has 3 nitrogen and oxygen atoms in total. The van der Waals surface area contributed by atoms with Gasteiger partial charge in [-0.1, -0.05) is 0 Å². The van der Waals surface area contributed by atoms with Crippen LogP contribution in [-0.4, -0.2) is 42.0 Å². The van der Waals surface area contributed by atoms with Crippen molar-refractivity contribution in [1.29, 1.82) is 0 Å². The topological polar surface area (TPSA) is 42.1 Å². The highest BCUT2D eigenvalue weighted by Gasteiger charge is 2.16. The highest BCUT2D eigenvalue weighted by Crippen LogP contribution is 2.20. The number of hydrogen-bond acceptors (Lipinski definition) is 4. The molecule has 0 aliphatic carbocycles. The van der Waals surface area contributed by atoms with Crippen LogP contribution in [0.25, 0.3) is 0 Å². The molecule has 0 aliphatic heterocycles. The molecule has 0 amide bonds. The van der Waals surface area contributed by atoms with E-state index in [1.165, 1.54) is 11.1 Å². The summed E-state index contributed by atoms with van der Waals surface area (Å²) in [7, 11) is 2.13. The van der Waals surface area contributed by atoms with Gasteiger partial charge in [-0.15, -0.1) is 0 Å². The fourth-order valence-electron chi connectivity index (χ4n) is 1.76. The third kappa shape index (κ3) is 3.47. The lowest BCUT2D eigenvalue weighted by atomic mass is 10.0. The molecule has 0 radical (unpaired) electrons. The van der Waals surface area contributed by atoms with Crippen molar-refractivity contribution in [3.05, 3.63) is 29.6 Å². The number of aromatic nitrogens is 1. The van der Waals surface area contributed by atoms with Crippen molar-refractivity contribution in [1.82, 2.24) is 9.88 Å². The van der Waals surface area contributed by atoms with E-state index in [1.807, 2.05) is 30.2 Å². The van der Waals surface area contributed by atoms with Gasteiger partial charge in [0, 0.05) is 37.3 Å². The number of pyridine rings is 1. The van der Waals surface area contributed by atoms with E-state index in [4.69, 9.17) is 5.73 Å². The van der Waals surface area contributed by atoms with Gasteiger partial charge >= 0.3 is 0 Å². The summed E-state index contributed by atoms with van der Waals surface area (Å²) in [5.74, 6) is 1.13. The van der Waals surface area contributed by atoms with Crippen LogP contribution in [0.4, 0.5) is 0 Å². The number of nitrogens with zero attached hydrogens (tertiary/aromatic N) is 2. The number of thioether (sulfide) groups is 1. The maximum absolute atomic E-state index is 5.87. The van der Waals surface area contributed by atoms with Gasteiger partial charge in [0.05, 0.1) is 0 Å². The fourth-order valence-corrected chi connectivity index (χ4v) is 2.23. The van der Waals surface area contributed by atoms with Crippen LogP contribution in [0.1, 0.15) is 17.2 Å². The van der Waals surface area contributed by atoms with E-state index < -0.39 is 0 Å². The Kier molecular flexibility index (Phi) is 5.80. The molecule has 0 spiro atoms. The molecule has 4 heteroatoms. The normalized spacial score (nSPS) is 13.1. The first kappa shape index (κ1) is 13.5. The lowest BCUT2D eigenvalue weighted by Gasteiger charge is -2.27. The minimum Gasteiger partial charge on any atom is -0.329 e. The molecule has 0 aromatic carbocycles. The third-order valence-corrected chi connectivity index (χ3v) is 3.43. The predicted molar refractivity (Wildman–Crippen MR) is 71.8 cm³/mol. The monoisotopic (exact) mass is 239 g/mol. The summed E-state index contributed by atoms with van der Waals surface area (Å²) in [5, 5.41) is 0. The van der Waals surface area contributed by atoms with Crippen LogP contribution < -0.4 is 5.73 Å². The summed E-state index contributed by atoms with van der Waals surface area (Å²) < 4.78 is 0. The minimum atomic E-state index is 0.279.